The van der Waals surface area contributed by atoms with Crippen molar-refractivity contribution in [1.82, 2.24) is 4.98 Å². The highest BCUT2D eigenvalue weighted by atomic mass is 19.4. The van der Waals surface area contributed by atoms with Crippen molar-refractivity contribution in [3.05, 3.63) is 83.7 Å². The van der Waals surface area contributed by atoms with Gasteiger partial charge in [0, 0.05) is 23.6 Å². The number of anilines is 3. The number of amides is 1. The van der Waals surface area contributed by atoms with Crippen LogP contribution in [0.25, 0.3) is 0 Å². The highest BCUT2D eigenvalue weighted by Crippen LogP contribution is 2.35. The Labute approximate surface area is 176 Å². The fourth-order valence-corrected chi connectivity index (χ4v) is 2.72. The number of carbonyl (C=O) groups excluding carboxylic acids is 2. The van der Waals surface area contributed by atoms with E-state index in [0.717, 1.165) is 12.1 Å². The summed E-state index contributed by atoms with van der Waals surface area (Å²) in [6.07, 6.45) is -1.78. The maximum absolute atomic E-state index is 13.2. The molecule has 3 rings (SSSR count). The molecule has 1 aromatic heterocycles. The Kier molecular flexibility index (Phi) is 6.54. The molecule has 0 fully saturated rings. The molecule has 2 N–H and O–H groups in total. The van der Waals surface area contributed by atoms with Crippen molar-refractivity contribution < 1.29 is 27.5 Å². The summed E-state index contributed by atoms with van der Waals surface area (Å²) >= 11 is 0. The first kappa shape index (κ1) is 21.8. The summed E-state index contributed by atoms with van der Waals surface area (Å²) < 4.78 is 44.6. The van der Waals surface area contributed by atoms with Crippen LogP contribution >= 0.6 is 0 Å². The molecular formula is C22H18F3N3O3. The maximum atomic E-state index is 13.2. The fourth-order valence-electron chi connectivity index (χ4n) is 2.72. The average Bonchev–Trinajstić information content (AvgIpc) is 2.75. The van der Waals surface area contributed by atoms with Gasteiger partial charge in [-0.3, -0.25) is 9.78 Å². The van der Waals surface area contributed by atoms with E-state index < -0.39 is 23.6 Å². The van der Waals surface area contributed by atoms with Crippen LogP contribution in [0.4, 0.5) is 30.2 Å². The van der Waals surface area contributed by atoms with Gasteiger partial charge in [-0.1, -0.05) is 6.07 Å². The second-order valence-electron chi connectivity index (χ2n) is 6.37. The van der Waals surface area contributed by atoms with Crippen LogP contribution in [-0.4, -0.2) is 23.5 Å². The van der Waals surface area contributed by atoms with Gasteiger partial charge >= 0.3 is 12.1 Å². The third-order valence-corrected chi connectivity index (χ3v) is 4.19. The fraction of sp³-hybridized carbons (Fsp3) is 0.136. The second-order valence-corrected chi connectivity index (χ2v) is 6.37. The van der Waals surface area contributed by atoms with Crippen molar-refractivity contribution in [2.75, 3.05) is 17.2 Å². The van der Waals surface area contributed by atoms with Gasteiger partial charge in [0.05, 0.1) is 29.1 Å². The number of halogens is 3. The number of benzene rings is 2. The van der Waals surface area contributed by atoms with Gasteiger partial charge in [-0.05, 0) is 55.5 Å². The number of aromatic nitrogens is 1. The van der Waals surface area contributed by atoms with E-state index in [1.165, 1.54) is 36.7 Å². The summed E-state index contributed by atoms with van der Waals surface area (Å²) in [4.78, 5) is 28.2. The van der Waals surface area contributed by atoms with Crippen molar-refractivity contribution in [1.29, 1.82) is 0 Å². The van der Waals surface area contributed by atoms with Crippen molar-refractivity contribution in [3.8, 4) is 0 Å². The minimum atomic E-state index is -4.58. The van der Waals surface area contributed by atoms with Gasteiger partial charge in [0.1, 0.15) is 0 Å². The number of hydrogen-bond donors (Lipinski definition) is 2. The monoisotopic (exact) mass is 429 g/mol. The molecule has 0 aliphatic carbocycles. The first-order valence-corrected chi connectivity index (χ1v) is 9.24. The molecule has 0 saturated carbocycles. The third-order valence-electron chi connectivity index (χ3n) is 4.19. The number of nitrogens with zero attached hydrogens (tertiary/aromatic N) is 1. The summed E-state index contributed by atoms with van der Waals surface area (Å²) in [5.74, 6) is -1.12. The van der Waals surface area contributed by atoms with E-state index in [2.05, 4.69) is 15.6 Å². The molecule has 0 spiro atoms. The Morgan fingerprint density at radius 2 is 1.71 bits per heavy atom. The minimum Gasteiger partial charge on any atom is -0.462 e. The van der Waals surface area contributed by atoms with E-state index in [-0.39, 0.29) is 29.1 Å². The summed E-state index contributed by atoms with van der Waals surface area (Å²) in [7, 11) is 0. The predicted octanol–water partition coefficient (Wildman–Crippen LogP) is 5.27. The lowest BCUT2D eigenvalue weighted by atomic mass is 10.1. The van der Waals surface area contributed by atoms with E-state index >= 15 is 0 Å². The average molecular weight is 429 g/mol. The van der Waals surface area contributed by atoms with Gasteiger partial charge in [-0.2, -0.15) is 13.2 Å². The topological polar surface area (TPSA) is 80.3 Å². The first-order chi connectivity index (χ1) is 14.8. The zero-order valence-electron chi connectivity index (χ0n) is 16.4. The molecule has 0 aliphatic heterocycles. The quantitative estimate of drug-likeness (QED) is 0.522. The Hall–Kier alpha value is -3.88. The molecule has 0 unspecified atom stereocenters. The molecule has 0 aliphatic rings. The van der Waals surface area contributed by atoms with Crippen molar-refractivity contribution in [2.45, 2.75) is 13.1 Å². The third kappa shape index (κ3) is 5.59. The van der Waals surface area contributed by atoms with Gasteiger partial charge in [0.15, 0.2) is 0 Å². The Morgan fingerprint density at radius 3 is 2.39 bits per heavy atom. The molecule has 0 saturated heterocycles. The Bertz CT molecular complexity index is 1090. The Morgan fingerprint density at radius 1 is 0.968 bits per heavy atom. The normalized spacial score (nSPS) is 11.0. The van der Waals surface area contributed by atoms with Crippen LogP contribution in [0.15, 0.2) is 67.0 Å². The number of esters is 1. The van der Waals surface area contributed by atoms with Crippen LogP contribution < -0.4 is 10.6 Å². The molecule has 6 nitrogen and oxygen atoms in total. The van der Waals surface area contributed by atoms with Gasteiger partial charge in [-0.15, -0.1) is 0 Å². The van der Waals surface area contributed by atoms with Crippen molar-refractivity contribution in [3.63, 3.8) is 0 Å². The number of alkyl halides is 3. The van der Waals surface area contributed by atoms with Gasteiger partial charge in [-0.25, -0.2) is 4.79 Å². The summed E-state index contributed by atoms with van der Waals surface area (Å²) in [6.45, 7) is 1.89. The molecule has 160 valence electrons. The number of hydrogen-bond acceptors (Lipinski definition) is 5. The first-order valence-electron chi connectivity index (χ1n) is 9.24. The van der Waals surface area contributed by atoms with Gasteiger partial charge in [0.2, 0.25) is 0 Å². The molecule has 2 aromatic carbocycles. The molecule has 9 heteroatoms. The second kappa shape index (κ2) is 9.29. The van der Waals surface area contributed by atoms with Crippen LogP contribution in [0.2, 0.25) is 0 Å². The van der Waals surface area contributed by atoms with Gasteiger partial charge < -0.3 is 15.4 Å². The molecule has 3 aromatic rings. The number of rotatable bonds is 6. The van der Waals surface area contributed by atoms with Crippen LogP contribution in [0.1, 0.15) is 33.2 Å². The lowest BCUT2D eigenvalue weighted by Crippen LogP contribution is -2.14. The van der Waals surface area contributed by atoms with Crippen LogP contribution in [0.5, 0.6) is 0 Å². The molecule has 0 atom stereocenters. The largest absolute Gasteiger partial charge is 0.462 e. The van der Waals surface area contributed by atoms with Crippen LogP contribution in [0, 0.1) is 0 Å². The van der Waals surface area contributed by atoms with E-state index in [4.69, 9.17) is 4.74 Å². The SMILES string of the molecule is CCOC(=O)c1cccc(Nc2ccc(C(F)(F)F)cc2NC(=O)c2ccncc2)c1. The number of carbonyl (C=O) groups is 2. The van der Waals surface area contributed by atoms with Crippen LogP contribution in [-0.2, 0) is 10.9 Å². The summed E-state index contributed by atoms with van der Waals surface area (Å²) in [6, 6.07) is 12.1. The highest BCUT2D eigenvalue weighted by Gasteiger charge is 2.31. The molecule has 1 heterocycles. The molecular weight excluding hydrogens is 411 g/mol. The maximum Gasteiger partial charge on any atom is 0.416 e. The number of ether oxygens (including phenoxy) is 1. The lowest BCUT2D eigenvalue weighted by molar-refractivity contribution is -0.137. The predicted molar refractivity (Wildman–Crippen MR) is 109 cm³/mol. The zero-order valence-corrected chi connectivity index (χ0v) is 16.4. The van der Waals surface area contributed by atoms with Crippen molar-refractivity contribution >= 4 is 28.9 Å². The van der Waals surface area contributed by atoms with E-state index in [9.17, 15) is 22.8 Å². The number of pyridine rings is 1. The minimum absolute atomic E-state index is 0.0711. The standard InChI is InChI=1S/C22H18F3N3O3/c1-2-31-21(30)15-4-3-5-17(12-15)27-18-7-6-16(22(23,24)25)13-19(18)28-20(29)14-8-10-26-11-9-14/h3-13,27H,2H2,1H3,(H,28,29). The van der Waals surface area contributed by atoms with E-state index in [0.29, 0.717) is 5.69 Å². The summed E-state index contributed by atoms with van der Waals surface area (Å²) in [5.41, 5.74) is 0.187. The lowest BCUT2D eigenvalue weighted by Gasteiger charge is -2.16. The number of nitrogens with one attached hydrogen (secondary N) is 2. The zero-order chi connectivity index (χ0) is 22.4. The molecule has 0 bridgehead atoms. The van der Waals surface area contributed by atoms with E-state index in [1.807, 2.05) is 0 Å². The van der Waals surface area contributed by atoms with Crippen molar-refractivity contribution in [2.24, 2.45) is 0 Å². The molecule has 31 heavy (non-hydrogen) atoms. The Balaban J connectivity index is 1.93. The molecule has 1 amide bonds. The molecule has 0 radical (unpaired) electrons. The highest BCUT2D eigenvalue weighted by molar-refractivity contribution is 6.06. The van der Waals surface area contributed by atoms with Crippen LogP contribution in [0.3, 0.4) is 0 Å². The summed E-state index contributed by atoms with van der Waals surface area (Å²) in [5, 5.41) is 5.44. The van der Waals surface area contributed by atoms with Gasteiger partial charge in [0.25, 0.3) is 5.91 Å². The van der Waals surface area contributed by atoms with E-state index in [1.54, 1.807) is 25.1 Å². The smallest absolute Gasteiger partial charge is 0.416 e.